The van der Waals surface area contributed by atoms with Gasteiger partial charge in [-0.2, -0.15) is 0 Å². The van der Waals surface area contributed by atoms with Crippen LogP contribution in [0.25, 0.3) is 0 Å². The van der Waals surface area contributed by atoms with Gasteiger partial charge < -0.3 is 9.64 Å². The molecule has 0 N–H and O–H groups in total. The quantitative estimate of drug-likeness (QED) is 0.580. The highest BCUT2D eigenvalue weighted by molar-refractivity contribution is 5.86. The minimum absolute atomic E-state index is 0.121. The fraction of sp³-hybridized carbons (Fsp3) is 0.882. The molecule has 1 heterocycles. The molecule has 1 atom stereocenters. The minimum Gasteiger partial charge on any atom is -0.458 e. The summed E-state index contributed by atoms with van der Waals surface area (Å²) in [7, 11) is 0. The summed E-state index contributed by atoms with van der Waals surface area (Å²) in [5.74, 6) is 0.0720. The van der Waals surface area contributed by atoms with Crippen molar-refractivity contribution >= 4 is 11.9 Å². The maximum absolute atomic E-state index is 12.8. The van der Waals surface area contributed by atoms with Crippen LogP contribution in [-0.2, 0) is 14.3 Å². The van der Waals surface area contributed by atoms with E-state index in [1.807, 2.05) is 20.8 Å². The molecule has 1 aliphatic heterocycles. The van der Waals surface area contributed by atoms with Gasteiger partial charge in [-0.15, -0.1) is 0 Å². The van der Waals surface area contributed by atoms with E-state index < -0.39 is 5.60 Å². The Kier molecular flexibility index (Phi) is 5.28. The maximum atomic E-state index is 12.8. The summed E-state index contributed by atoms with van der Waals surface area (Å²) in [6, 6.07) is -0.361. The van der Waals surface area contributed by atoms with Crippen LogP contribution < -0.4 is 0 Å². The van der Waals surface area contributed by atoms with Crippen molar-refractivity contribution in [1.29, 1.82) is 0 Å². The Morgan fingerprint density at radius 3 is 2.14 bits per heavy atom. The zero-order valence-electron chi connectivity index (χ0n) is 13.7. The smallest absolute Gasteiger partial charge is 0.329 e. The number of likely N-dealkylation sites (tertiary alicyclic amines) is 1. The Bertz CT molecular complexity index is 378. The summed E-state index contributed by atoms with van der Waals surface area (Å²) in [5.41, 5.74) is -0.489. The van der Waals surface area contributed by atoms with Gasteiger partial charge in [-0.3, -0.25) is 4.79 Å². The van der Waals surface area contributed by atoms with Crippen molar-refractivity contribution in [3.05, 3.63) is 0 Å². The van der Waals surface area contributed by atoms with E-state index in [1.165, 1.54) is 12.8 Å². The lowest BCUT2D eigenvalue weighted by Gasteiger charge is -2.29. The van der Waals surface area contributed by atoms with Crippen LogP contribution in [0.15, 0.2) is 0 Å². The van der Waals surface area contributed by atoms with Crippen LogP contribution in [0.2, 0.25) is 0 Å². The van der Waals surface area contributed by atoms with Gasteiger partial charge in [0.25, 0.3) is 0 Å². The molecule has 0 aromatic carbocycles. The first-order valence-corrected chi connectivity index (χ1v) is 8.42. The first kappa shape index (κ1) is 16.3. The average molecular weight is 295 g/mol. The molecule has 0 aromatic heterocycles. The summed E-state index contributed by atoms with van der Waals surface area (Å²) in [6.45, 7) is 6.32. The highest BCUT2D eigenvalue weighted by Crippen LogP contribution is 2.29. The van der Waals surface area contributed by atoms with E-state index >= 15 is 0 Å². The molecular formula is C17H29NO3. The SMILES string of the molecule is CC(C)(C)OC(=O)[C@H]1CCCN1C(=O)C1CCCCCC1. The third-order valence-electron chi connectivity index (χ3n) is 4.42. The van der Waals surface area contributed by atoms with Crippen molar-refractivity contribution < 1.29 is 14.3 Å². The highest BCUT2D eigenvalue weighted by Gasteiger charge is 2.39. The van der Waals surface area contributed by atoms with Gasteiger partial charge in [0.1, 0.15) is 11.6 Å². The fourth-order valence-electron chi connectivity index (χ4n) is 3.41. The van der Waals surface area contributed by atoms with Gasteiger partial charge in [0.05, 0.1) is 0 Å². The molecule has 0 bridgehead atoms. The Morgan fingerprint density at radius 1 is 0.952 bits per heavy atom. The summed E-state index contributed by atoms with van der Waals surface area (Å²) in [5, 5.41) is 0. The summed E-state index contributed by atoms with van der Waals surface area (Å²) < 4.78 is 5.48. The van der Waals surface area contributed by atoms with E-state index in [9.17, 15) is 9.59 Å². The molecule has 2 aliphatic rings. The number of hydrogen-bond acceptors (Lipinski definition) is 3. The Balaban J connectivity index is 2.00. The molecule has 2 fully saturated rings. The predicted octanol–water partition coefficient (Wildman–Crippen LogP) is 3.29. The van der Waals surface area contributed by atoms with E-state index in [0.29, 0.717) is 6.54 Å². The number of nitrogens with zero attached hydrogens (tertiary/aromatic N) is 1. The molecule has 0 spiro atoms. The molecule has 120 valence electrons. The lowest BCUT2D eigenvalue weighted by atomic mass is 9.98. The van der Waals surface area contributed by atoms with Crippen LogP contribution in [0.3, 0.4) is 0 Å². The first-order chi connectivity index (χ1) is 9.88. The Morgan fingerprint density at radius 2 is 1.57 bits per heavy atom. The predicted molar refractivity (Wildman–Crippen MR) is 81.8 cm³/mol. The van der Waals surface area contributed by atoms with E-state index in [4.69, 9.17) is 4.74 Å². The molecule has 1 saturated carbocycles. The van der Waals surface area contributed by atoms with Gasteiger partial charge in [0.2, 0.25) is 5.91 Å². The van der Waals surface area contributed by atoms with Crippen LogP contribution in [0, 0.1) is 5.92 Å². The molecule has 4 nitrogen and oxygen atoms in total. The largest absolute Gasteiger partial charge is 0.458 e. The molecule has 0 aromatic rings. The highest BCUT2D eigenvalue weighted by atomic mass is 16.6. The average Bonchev–Trinajstić information content (AvgIpc) is 2.71. The van der Waals surface area contributed by atoms with Crippen molar-refractivity contribution in [3.8, 4) is 0 Å². The second-order valence-corrected chi connectivity index (χ2v) is 7.41. The monoisotopic (exact) mass is 295 g/mol. The number of carbonyl (C=O) groups is 2. The zero-order valence-corrected chi connectivity index (χ0v) is 13.7. The summed E-state index contributed by atoms with van der Waals surface area (Å²) in [4.78, 5) is 26.9. The van der Waals surface area contributed by atoms with Gasteiger partial charge in [0.15, 0.2) is 0 Å². The second kappa shape index (κ2) is 6.80. The van der Waals surface area contributed by atoms with Crippen molar-refractivity contribution in [2.45, 2.75) is 83.8 Å². The van der Waals surface area contributed by atoms with E-state index in [0.717, 1.165) is 38.5 Å². The third-order valence-corrected chi connectivity index (χ3v) is 4.42. The number of ether oxygens (including phenoxy) is 1. The third kappa shape index (κ3) is 4.45. The Labute approximate surface area is 128 Å². The van der Waals surface area contributed by atoms with Crippen molar-refractivity contribution in [1.82, 2.24) is 4.90 Å². The molecule has 2 rings (SSSR count). The van der Waals surface area contributed by atoms with Crippen LogP contribution in [0.4, 0.5) is 0 Å². The van der Waals surface area contributed by atoms with Crippen molar-refractivity contribution in [2.75, 3.05) is 6.54 Å². The molecule has 21 heavy (non-hydrogen) atoms. The van der Waals surface area contributed by atoms with Gasteiger partial charge >= 0.3 is 5.97 Å². The normalized spacial score (nSPS) is 24.7. The van der Waals surface area contributed by atoms with Crippen molar-refractivity contribution in [3.63, 3.8) is 0 Å². The van der Waals surface area contributed by atoms with Crippen LogP contribution in [-0.4, -0.2) is 35.0 Å². The van der Waals surface area contributed by atoms with E-state index in [-0.39, 0.29) is 23.8 Å². The lowest BCUT2D eigenvalue weighted by molar-refractivity contribution is -0.164. The van der Waals surface area contributed by atoms with Crippen molar-refractivity contribution in [2.24, 2.45) is 5.92 Å². The summed E-state index contributed by atoms with van der Waals surface area (Å²) >= 11 is 0. The number of carbonyl (C=O) groups excluding carboxylic acids is 2. The van der Waals surface area contributed by atoms with E-state index in [1.54, 1.807) is 4.90 Å². The number of rotatable bonds is 2. The standard InChI is InChI=1S/C17H29NO3/c1-17(2,3)21-16(20)14-11-8-12-18(14)15(19)13-9-6-4-5-7-10-13/h13-14H,4-12H2,1-3H3/t14-/m1/s1. The number of amides is 1. The Hall–Kier alpha value is -1.06. The molecule has 4 heteroatoms. The molecule has 1 aliphatic carbocycles. The first-order valence-electron chi connectivity index (χ1n) is 8.42. The van der Waals surface area contributed by atoms with Gasteiger partial charge in [-0.05, 0) is 46.5 Å². The second-order valence-electron chi connectivity index (χ2n) is 7.41. The molecular weight excluding hydrogens is 266 g/mol. The maximum Gasteiger partial charge on any atom is 0.329 e. The molecule has 1 saturated heterocycles. The lowest BCUT2D eigenvalue weighted by Crippen LogP contribution is -2.45. The topological polar surface area (TPSA) is 46.6 Å². The minimum atomic E-state index is -0.489. The zero-order chi connectivity index (χ0) is 15.5. The molecule has 1 amide bonds. The van der Waals surface area contributed by atoms with Crippen LogP contribution in [0.5, 0.6) is 0 Å². The van der Waals surface area contributed by atoms with Gasteiger partial charge in [0, 0.05) is 12.5 Å². The van der Waals surface area contributed by atoms with Crippen LogP contribution >= 0.6 is 0 Å². The number of esters is 1. The van der Waals surface area contributed by atoms with Crippen LogP contribution in [0.1, 0.15) is 72.1 Å². The molecule has 0 unspecified atom stereocenters. The summed E-state index contributed by atoms with van der Waals surface area (Å²) in [6.07, 6.45) is 8.36. The fourth-order valence-corrected chi connectivity index (χ4v) is 3.41. The number of hydrogen-bond donors (Lipinski definition) is 0. The van der Waals surface area contributed by atoms with E-state index in [2.05, 4.69) is 0 Å². The van der Waals surface area contributed by atoms with Gasteiger partial charge in [-0.25, -0.2) is 4.79 Å². The van der Waals surface area contributed by atoms with Gasteiger partial charge in [-0.1, -0.05) is 25.7 Å². The molecule has 0 radical (unpaired) electrons.